The van der Waals surface area contributed by atoms with E-state index in [0.29, 0.717) is 11.3 Å². The quantitative estimate of drug-likeness (QED) is 0.634. The molecular weight excluding hydrogens is 400 g/mol. The molecule has 5 heteroatoms. The molecule has 2 aromatic carbocycles. The van der Waals surface area contributed by atoms with Gasteiger partial charge in [-0.1, -0.05) is 48.6 Å². The largest absolute Gasteiger partial charge is 0.484 e. The molecule has 5 nitrogen and oxygen atoms in total. The van der Waals surface area contributed by atoms with Crippen LogP contribution in [0.25, 0.3) is 0 Å². The van der Waals surface area contributed by atoms with Crippen LogP contribution in [0.5, 0.6) is 5.75 Å². The second-order valence-corrected chi connectivity index (χ2v) is 8.38. The lowest BCUT2D eigenvalue weighted by atomic mass is 9.98. The average Bonchev–Trinajstić information content (AvgIpc) is 2.85. The molecule has 1 amide bonds. The summed E-state index contributed by atoms with van der Waals surface area (Å²) in [6, 6.07) is 17.7. The number of piperidine rings is 1. The van der Waals surface area contributed by atoms with E-state index < -0.39 is 0 Å². The highest BCUT2D eigenvalue weighted by atomic mass is 16.5. The minimum Gasteiger partial charge on any atom is -0.484 e. The Labute approximate surface area is 189 Å². The zero-order valence-electron chi connectivity index (χ0n) is 18.3. The maximum Gasteiger partial charge on any atom is 0.258 e. The van der Waals surface area contributed by atoms with Crippen LogP contribution in [-0.4, -0.2) is 42.3 Å². The Morgan fingerprint density at radius 2 is 1.72 bits per heavy atom. The van der Waals surface area contributed by atoms with Crippen LogP contribution < -0.4 is 10.1 Å². The van der Waals surface area contributed by atoms with Crippen LogP contribution in [0.1, 0.15) is 41.6 Å². The number of Topliss-reactive ketones (excluding diaryl/α,β-unsaturated/α-hetero) is 1. The molecule has 0 saturated carbocycles. The van der Waals surface area contributed by atoms with E-state index in [1.807, 2.05) is 24.3 Å². The zero-order chi connectivity index (χ0) is 22.2. The van der Waals surface area contributed by atoms with Crippen molar-refractivity contribution >= 4 is 11.7 Å². The first-order valence-corrected chi connectivity index (χ1v) is 11.4. The van der Waals surface area contributed by atoms with Crippen LogP contribution in [0.4, 0.5) is 0 Å². The summed E-state index contributed by atoms with van der Waals surface area (Å²) in [6.45, 7) is 2.88. The summed E-state index contributed by atoms with van der Waals surface area (Å²) in [6.07, 6.45) is 9.66. The summed E-state index contributed by atoms with van der Waals surface area (Å²) < 4.78 is 5.63. The molecule has 0 unspecified atom stereocenters. The molecule has 0 spiro atoms. The average molecular weight is 431 g/mol. The van der Waals surface area contributed by atoms with Gasteiger partial charge in [0.2, 0.25) is 0 Å². The third kappa shape index (κ3) is 6.17. The van der Waals surface area contributed by atoms with E-state index in [1.165, 1.54) is 5.56 Å². The van der Waals surface area contributed by atoms with Gasteiger partial charge in [-0.3, -0.25) is 14.5 Å². The Bertz CT molecular complexity index is 972. The van der Waals surface area contributed by atoms with Crippen molar-refractivity contribution < 1.29 is 14.3 Å². The minimum absolute atomic E-state index is 0.0175. The van der Waals surface area contributed by atoms with E-state index in [1.54, 1.807) is 24.3 Å². The number of carbonyl (C=O) groups is 2. The number of ether oxygens (including phenoxy) is 1. The molecular formula is C27H30N2O3. The maximum atomic E-state index is 12.5. The van der Waals surface area contributed by atoms with Gasteiger partial charge in [-0.15, -0.1) is 0 Å². The van der Waals surface area contributed by atoms with Crippen molar-refractivity contribution in [1.82, 2.24) is 10.2 Å². The summed E-state index contributed by atoms with van der Waals surface area (Å²) in [5.41, 5.74) is 2.68. The van der Waals surface area contributed by atoms with E-state index in [-0.39, 0.29) is 24.3 Å². The standard InChI is InChI=1S/C27H30N2O3/c30-26(28-24-15-17-29(18-16-24)19-21-7-3-1-4-8-21)20-32-25-13-11-23(12-14-25)27(31)22-9-5-2-6-10-22/h1,3-5,7-14,24H,2,6,15-20H2,(H,28,30). The number of carbonyl (C=O) groups excluding carboxylic acids is 2. The van der Waals surface area contributed by atoms with Gasteiger partial charge in [-0.05, 0) is 55.5 Å². The third-order valence-corrected chi connectivity index (χ3v) is 5.95. The number of likely N-dealkylation sites (tertiary alicyclic amines) is 1. The number of amides is 1. The first kappa shape index (κ1) is 22.0. The third-order valence-electron chi connectivity index (χ3n) is 5.95. The molecule has 0 radical (unpaired) electrons. The van der Waals surface area contributed by atoms with E-state index in [2.05, 4.69) is 34.5 Å². The highest BCUT2D eigenvalue weighted by molar-refractivity contribution is 6.10. The van der Waals surface area contributed by atoms with E-state index in [9.17, 15) is 9.59 Å². The van der Waals surface area contributed by atoms with Crippen LogP contribution in [0, 0.1) is 0 Å². The van der Waals surface area contributed by atoms with Crippen molar-refractivity contribution in [2.45, 2.75) is 38.3 Å². The van der Waals surface area contributed by atoms with Crippen molar-refractivity contribution in [1.29, 1.82) is 0 Å². The first-order chi connectivity index (χ1) is 15.7. The second kappa shape index (κ2) is 10.9. The fourth-order valence-electron chi connectivity index (χ4n) is 4.15. The van der Waals surface area contributed by atoms with E-state index in [4.69, 9.17) is 4.74 Å². The monoisotopic (exact) mass is 430 g/mol. The highest BCUT2D eigenvalue weighted by Gasteiger charge is 2.21. The van der Waals surface area contributed by atoms with Gasteiger partial charge in [-0.25, -0.2) is 0 Å². The van der Waals surface area contributed by atoms with Gasteiger partial charge in [0.15, 0.2) is 12.4 Å². The Hall–Kier alpha value is -3.18. The zero-order valence-corrected chi connectivity index (χ0v) is 18.3. The first-order valence-electron chi connectivity index (χ1n) is 11.4. The lowest BCUT2D eigenvalue weighted by Gasteiger charge is -2.32. The van der Waals surface area contributed by atoms with E-state index in [0.717, 1.165) is 50.9 Å². The molecule has 1 aliphatic heterocycles. The van der Waals surface area contributed by atoms with Gasteiger partial charge in [0, 0.05) is 36.8 Å². The number of nitrogens with zero attached hydrogens (tertiary/aromatic N) is 1. The number of benzene rings is 2. The lowest BCUT2D eigenvalue weighted by molar-refractivity contribution is -0.124. The molecule has 0 bridgehead atoms. The Kier molecular flexibility index (Phi) is 7.51. The normalized spacial score (nSPS) is 16.9. The number of hydrogen-bond donors (Lipinski definition) is 1. The molecule has 1 fully saturated rings. The predicted octanol–water partition coefficient (Wildman–Crippen LogP) is 4.31. The van der Waals surface area contributed by atoms with Gasteiger partial charge in [0.25, 0.3) is 5.91 Å². The summed E-state index contributed by atoms with van der Waals surface area (Å²) >= 11 is 0. The molecule has 1 N–H and O–H groups in total. The van der Waals surface area contributed by atoms with Gasteiger partial charge >= 0.3 is 0 Å². The smallest absolute Gasteiger partial charge is 0.258 e. The SMILES string of the molecule is O=C(COc1ccc(C(=O)C2=CCCC=C2)cc1)NC1CCN(Cc2ccccc2)CC1. The van der Waals surface area contributed by atoms with Gasteiger partial charge in [0.1, 0.15) is 5.75 Å². The summed E-state index contributed by atoms with van der Waals surface area (Å²) in [4.78, 5) is 27.2. The van der Waals surface area contributed by atoms with Crippen LogP contribution >= 0.6 is 0 Å². The molecule has 2 aliphatic rings. The van der Waals surface area contributed by atoms with Gasteiger partial charge in [0.05, 0.1) is 0 Å². The number of rotatable bonds is 8. The summed E-state index contributed by atoms with van der Waals surface area (Å²) in [5, 5.41) is 3.09. The fraction of sp³-hybridized carbons (Fsp3) is 0.333. The van der Waals surface area contributed by atoms with E-state index >= 15 is 0 Å². The predicted molar refractivity (Wildman–Crippen MR) is 126 cm³/mol. The molecule has 1 heterocycles. The van der Waals surface area contributed by atoms with Crippen molar-refractivity contribution in [3.63, 3.8) is 0 Å². The molecule has 2 aromatic rings. The van der Waals surface area contributed by atoms with Crippen LogP contribution in [-0.2, 0) is 11.3 Å². The van der Waals surface area contributed by atoms with Crippen LogP contribution in [0.15, 0.2) is 78.4 Å². The molecule has 1 aliphatic carbocycles. The van der Waals surface area contributed by atoms with Crippen molar-refractivity contribution in [2.24, 2.45) is 0 Å². The Morgan fingerprint density at radius 1 is 0.969 bits per heavy atom. The molecule has 1 saturated heterocycles. The highest BCUT2D eigenvalue weighted by Crippen LogP contribution is 2.19. The van der Waals surface area contributed by atoms with Crippen LogP contribution in [0.3, 0.4) is 0 Å². The van der Waals surface area contributed by atoms with Crippen molar-refractivity contribution in [2.75, 3.05) is 19.7 Å². The lowest BCUT2D eigenvalue weighted by Crippen LogP contribution is -2.45. The Balaban J connectivity index is 1.18. The molecule has 0 atom stereocenters. The van der Waals surface area contributed by atoms with Gasteiger partial charge < -0.3 is 10.1 Å². The second-order valence-electron chi connectivity index (χ2n) is 8.38. The summed E-state index contributed by atoms with van der Waals surface area (Å²) in [5.74, 6) is 0.496. The Morgan fingerprint density at radius 3 is 2.41 bits per heavy atom. The van der Waals surface area contributed by atoms with Gasteiger partial charge in [-0.2, -0.15) is 0 Å². The molecule has 32 heavy (non-hydrogen) atoms. The number of hydrogen-bond acceptors (Lipinski definition) is 4. The van der Waals surface area contributed by atoms with Crippen LogP contribution in [0.2, 0.25) is 0 Å². The summed E-state index contributed by atoms with van der Waals surface area (Å²) in [7, 11) is 0. The van der Waals surface area contributed by atoms with Crippen molar-refractivity contribution in [3.05, 3.63) is 89.5 Å². The van der Waals surface area contributed by atoms with Crippen molar-refractivity contribution in [3.8, 4) is 5.75 Å². The molecule has 0 aromatic heterocycles. The minimum atomic E-state index is -0.107. The fourth-order valence-corrected chi connectivity index (χ4v) is 4.15. The number of ketones is 1. The number of allylic oxidation sites excluding steroid dienone is 4. The number of nitrogens with one attached hydrogen (secondary N) is 1. The topological polar surface area (TPSA) is 58.6 Å². The maximum absolute atomic E-state index is 12.5. The molecule has 166 valence electrons. The molecule has 4 rings (SSSR count).